The van der Waals surface area contributed by atoms with Gasteiger partial charge in [-0.25, -0.2) is 0 Å². The summed E-state index contributed by atoms with van der Waals surface area (Å²) < 4.78 is 2.28. The number of amides is 1. The van der Waals surface area contributed by atoms with E-state index >= 15 is 0 Å². The SMILES string of the molecule is CC1(C)Cc2c(n(-c3ccccc3NC(=O)c3ccccc3)c3ccccc23)[C@H](c2cccc(C#N)c2)N1. The Hall–Kier alpha value is -4.66. The van der Waals surface area contributed by atoms with E-state index in [1.807, 2.05) is 66.7 Å². The molecule has 4 aromatic carbocycles. The first-order valence-electron chi connectivity index (χ1n) is 12.8. The summed E-state index contributed by atoms with van der Waals surface area (Å²) in [7, 11) is 0. The maximum absolute atomic E-state index is 13.2. The molecule has 5 aromatic rings. The smallest absolute Gasteiger partial charge is 0.255 e. The fourth-order valence-corrected chi connectivity index (χ4v) is 5.61. The molecular formula is C33H28N4O. The van der Waals surface area contributed by atoms with Gasteiger partial charge in [-0.15, -0.1) is 0 Å². The molecule has 0 spiro atoms. The molecule has 6 rings (SSSR count). The van der Waals surface area contributed by atoms with E-state index in [1.54, 1.807) is 0 Å². The van der Waals surface area contributed by atoms with Crippen molar-refractivity contribution in [3.8, 4) is 11.8 Å². The molecular weight excluding hydrogens is 468 g/mol. The predicted octanol–water partition coefficient (Wildman–Crippen LogP) is 6.77. The van der Waals surface area contributed by atoms with Gasteiger partial charge in [0.25, 0.3) is 5.91 Å². The van der Waals surface area contributed by atoms with Gasteiger partial charge in [-0.3, -0.25) is 10.1 Å². The monoisotopic (exact) mass is 496 g/mol. The largest absolute Gasteiger partial charge is 0.320 e. The molecule has 0 fully saturated rings. The van der Waals surface area contributed by atoms with Gasteiger partial charge in [0.1, 0.15) is 0 Å². The van der Waals surface area contributed by atoms with Crippen LogP contribution in [0.2, 0.25) is 0 Å². The maximum Gasteiger partial charge on any atom is 0.255 e. The van der Waals surface area contributed by atoms with Crippen LogP contribution in [0, 0.1) is 11.3 Å². The lowest BCUT2D eigenvalue weighted by molar-refractivity contribution is 0.102. The van der Waals surface area contributed by atoms with Gasteiger partial charge in [-0.05, 0) is 73.9 Å². The van der Waals surface area contributed by atoms with Crippen LogP contribution in [0.1, 0.15) is 52.6 Å². The zero-order valence-electron chi connectivity index (χ0n) is 21.4. The second-order valence-electron chi connectivity index (χ2n) is 10.4. The van der Waals surface area contributed by atoms with E-state index in [0.29, 0.717) is 11.1 Å². The number of hydrogen-bond acceptors (Lipinski definition) is 3. The highest BCUT2D eigenvalue weighted by Gasteiger charge is 2.37. The van der Waals surface area contributed by atoms with Crippen LogP contribution in [-0.2, 0) is 6.42 Å². The van der Waals surface area contributed by atoms with Crippen molar-refractivity contribution in [3.05, 3.63) is 131 Å². The average molecular weight is 497 g/mol. The molecule has 0 unspecified atom stereocenters. The normalized spacial score (nSPS) is 16.0. The average Bonchev–Trinajstić information content (AvgIpc) is 3.26. The highest BCUT2D eigenvalue weighted by atomic mass is 16.1. The Morgan fingerprint density at radius 2 is 1.68 bits per heavy atom. The lowest BCUT2D eigenvalue weighted by atomic mass is 9.83. The summed E-state index contributed by atoms with van der Waals surface area (Å²) in [5.41, 5.74) is 7.24. The van der Waals surface area contributed by atoms with Crippen LogP contribution in [0.5, 0.6) is 0 Å². The van der Waals surface area contributed by atoms with E-state index in [1.165, 1.54) is 10.9 Å². The highest BCUT2D eigenvalue weighted by Crippen LogP contribution is 2.43. The van der Waals surface area contributed by atoms with Gasteiger partial charge in [0.2, 0.25) is 0 Å². The fourth-order valence-electron chi connectivity index (χ4n) is 5.61. The third-order valence-corrected chi connectivity index (χ3v) is 7.23. The lowest BCUT2D eigenvalue weighted by Crippen LogP contribution is -2.48. The number of nitriles is 1. The molecule has 38 heavy (non-hydrogen) atoms. The van der Waals surface area contributed by atoms with Crippen LogP contribution in [0.15, 0.2) is 103 Å². The summed E-state index contributed by atoms with van der Waals surface area (Å²) in [5, 5.41) is 17.8. The molecule has 1 aliphatic rings. The first-order chi connectivity index (χ1) is 18.4. The number of anilines is 1. The molecule has 5 heteroatoms. The Kier molecular flexibility index (Phi) is 5.83. The maximum atomic E-state index is 13.2. The highest BCUT2D eigenvalue weighted by molar-refractivity contribution is 6.05. The molecule has 2 heterocycles. The predicted molar refractivity (Wildman–Crippen MR) is 152 cm³/mol. The Labute approximate surface area is 222 Å². The van der Waals surface area contributed by atoms with Gasteiger partial charge in [-0.1, -0.05) is 60.7 Å². The van der Waals surface area contributed by atoms with Crippen molar-refractivity contribution in [1.82, 2.24) is 9.88 Å². The Balaban J connectivity index is 1.58. The molecule has 0 radical (unpaired) electrons. The van der Waals surface area contributed by atoms with Crippen LogP contribution >= 0.6 is 0 Å². The van der Waals surface area contributed by atoms with E-state index in [0.717, 1.165) is 34.6 Å². The topological polar surface area (TPSA) is 69.8 Å². The zero-order chi connectivity index (χ0) is 26.3. The zero-order valence-corrected chi connectivity index (χ0v) is 21.4. The number of hydrogen-bond donors (Lipinski definition) is 2. The van der Waals surface area contributed by atoms with Crippen molar-refractivity contribution in [3.63, 3.8) is 0 Å². The van der Waals surface area contributed by atoms with Crippen molar-refractivity contribution in [2.45, 2.75) is 31.8 Å². The number of carbonyl (C=O) groups is 1. The number of fused-ring (bicyclic) bond motifs is 3. The molecule has 1 aromatic heterocycles. The summed E-state index contributed by atoms with van der Waals surface area (Å²) in [6, 6.07) is 35.6. The summed E-state index contributed by atoms with van der Waals surface area (Å²) in [6.45, 7) is 4.44. The molecule has 5 nitrogen and oxygen atoms in total. The van der Waals surface area contributed by atoms with Gasteiger partial charge in [0, 0.05) is 22.2 Å². The van der Waals surface area contributed by atoms with Gasteiger partial charge in [0.15, 0.2) is 0 Å². The van der Waals surface area contributed by atoms with E-state index in [-0.39, 0.29) is 17.5 Å². The van der Waals surface area contributed by atoms with Gasteiger partial charge in [0.05, 0.1) is 34.6 Å². The summed E-state index contributed by atoms with van der Waals surface area (Å²) in [6.07, 6.45) is 0.850. The van der Waals surface area contributed by atoms with Crippen LogP contribution in [0.3, 0.4) is 0 Å². The number of carbonyl (C=O) groups excluding carboxylic acids is 1. The minimum absolute atomic E-state index is 0.146. The third-order valence-electron chi connectivity index (χ3n) is 7.23. The van der Waals surface area contributed by atoms with E-state index in [4.69, 9.17) is 0 Å². The molecule has 186 valence electrons. The van der Waals surface area contributed by atoms with Crippen molar-refractivity contribution < 1.29 is 4.79 Å². The molecule has 1 amide bonds. The minimum atomic E-state index is -0.156. The fraction of sp³-hybridized carbons (Fsp3) is 0.152. The number of nitrogens with zero attached hydrogens (tertiary/aromatic N) is 2. The Bertz CT molecular complexity index is 1710. The molecule has 2 N–H and O–H groups in total. The van der Waals surface area contributed by atoms with Gasteiger partial charge < -0.3 is 9.88 Å². The van der Waals surface area contributed by atoms with Crippen molar-refractivity contribution in [1.29, 1.82) is 5.26 Å². The van der Waals surface area contributed by atoms with E-state index in [9.17, 15) is 10.1 Å². The van der Waals surface area contributed by atoms with Crippen LogP contribution in [-0.4, -0.2) is 16.0 Å². The number of benzene rings is 4. The van der Waals surface area contributed by atoms with E-state index in [2.05, 4.69) is 71.5 Å². The first kappa shape index (κ1) is 23.7. The number of nitrogens with one attached hydrogen (secondary N) is 2. The van der Waals surface area contributed by atoms with Gasteiger partial charge >= 0.3 is 0 Å². The molecule has 0 saturated heterocycles. The number of aromatic nitrogens is 1. The Morgan fingerprint density at radius 1 is 0.947 bits per heavy atom. The minimum Gasteiger partial charge on any atom is -0.320 e. The summed E-state index contributed by atoms with van der Waals surface area (Å²) in [5.74, 6) is -0.152. The van der Waals surface area contributed by atoms with Crippen LogP contribution in [0.25, 0.3) is 16.6 Å². The first-order valence-corrected chi connectivity index (χ1v) is 12.8. The second-order valence-corrected chi connectivity index (χ2v) is 10.4. The second kappa shape index (κ2) is 9.33. The van der Waals surface area contributed by atoms with Crippen LogP contribution in [0.4, 0.5) is 5.69 Å². The third kappa shape index (κ3) is 4.15. The standard InChI is InChI=1S/C33H28N4O/c1-33(2)20-26-25-15-6-8-17-28(25)37(31(26)30(36-33)24-14-10-11-22(19-24)21-34)29-18-9-7-16-27(29)35-32(38)23-12-4-3-5-13-23/h3-19,30,36H,20H2,1-2H3,(H,35,38)/t30-/m0/s1. The number of rotatable bonds is 4. The summed E-state index contributed by atoms with van der Waals surface area (Å²) in [4.78, 5) is 13.2. The van der Waals surface area contributed by atoms with Crippen molar-refractivity contribution >= 4 is 22.5 Å². The number of para-hydroxylation sites is 3. The molecule has 0 bridgehead atoms. The van der Waals surface area contributed by atoms with Gasteiger partial charge in [-0.2, -0.15) is 5.26 Å². The molecule has 1 atom stereocenters. The Morgan fingerprint density at radius 3 is 2.50 bits per heavy atom. The lowest BCUT2D eigenvalue weighted by Gasteiger charge is -2.39. The molecule has 1 aliphatic heterocycles. The molecule has 0 saturated carbocycles. The quantitative estimate of drug-likeness (QED) is 0.289. The van der Waals surface area contributed by atoms with Crippen LogP contribution < -0.4 is 10.6 Å². The van der Waals surface area contributed by atoms with Crippen molar-refractivity contribution in [2.24, 2.45) is 0 Å². The van der Waals surface area contributed by atoms with Crippen molar-refractivity contribution in [2.75, 3.05) is 5.32 Å². The molecule has 0 aliphatic carbocycles. The summed E-state index contributed by atoms with van der Waals surface area (Å²) >= 11 is 0. The van der Waals surface area contributed by atoms with E-state index < -0.39 is 0 Å².